The van der Waals surface area contributed by atoms with E-state index in [1.807, 2.05) is 0 Å². The van der Waals surface area contributed by atoms with Crippen LogP contribution in [0, 0.1) is 41.4 Å². The molecule has 0 bridgehead atoms. The molecular formula is C18H38. The molecule has 0 aromatic rings. The second kappa shape index (κ2) is 8.23. The highest BCUT2D eigenvalue weighted by Gasteiger charge is 2.29. The van der Waals surface area contributed by atoms with Gasteiger partial charge in [-0.2, -0.15) is 0 Å². The zero-order valence-electron chi connectivity index (χ0n) is 14.5. The average Bonchev–Trinajstić information content (AvgIpc) is 2.26. The van der Waals surface area contributed by atoms with E-state index in [-0.39, 0.29) is 0 Å². The molecule has 18 heavy (non-hydrogen) atoms. The molecule has 0 aliphatic carbocycles. The molecule has 0 heterocycles. The third-order valence-electron chi connectivity index (χ3n) is 5.33. The third-order valence-corrected chi connectivity index (χ3v) is 5.33. The second-order valence-electron chi connectivity index (χ2n) is 7.54. The van der Waals surface area contributed by atoms with E-state index in [4.69, 9.17) is 0 Å². The molecule has 3 unspecified atom stereocenters. The van der Waals surface area contributed by atoms with Crippen molar-refractivity contribution in [2.45, 2.75) is 75.2 Å². The van der Waals surface area contributed by atoms with Crippen molar-refractivity contribution in [2.75, 3.05) is 0 Å². The van der Waals surface area contributed by atoms with Crippen molar-refractivity contribution in [3.05, 3.63) is 0 Å². The van der Waals surface area contributed by atoms with E-state index in [2.05, 4.69) is 62.3 Å². The first kappa shape index (κ1) is 18.0. The van der Waals surface area contributed by atoms with Gasteiger partial charge in [0.25, 0.3) is 0 Å². The molecular weight excluding hydrogens is 216 g/mol. The van der Waals surface area contributed by atoms with Gasteiger partial charge in [0.15, 0.2) is 0 Å². The Morgan fingerprint density at radius 1 is 0.611 bits per heavy atom. The summed E-state index contributed by atoms with van der Waals surface area (Å²) in [5.41, 5.74) is 0. The van der Waals surface area contributed by atoms with Crippen molar-refractivity contribution in [1.29, 1.82) is 0 Å². The fraction of sp³-hybridized carbons (Fsp3) is 1.00. The largest absolute Gasteiger partial charge is 0.0651 e. The predicted molar refractivity (Wildman–Crippen MR) is 84.7 cm³/mol. The van der Waals surface area contributed by atoms with Crippen LogP contribution in [0.25, 0.3) is 0 Å². The van der Waals surface area contributed by atoms with E-state index in [9.17, 15) is 0 Å². The number of hydrogen-bond donors (Lipinski definition) is 0. The lowest BCUT2D eigenvalue weighted by Crippen LogP contribution is -2.29. The van der Waals surface area contributed by atoms with Crippen molar-refractivity contribution < 1.29 is 0 Å². The van der Waals surface area contributed by atoms with Crippen LogP contribution < -0.4 is 0 Å². The van der Waals surface area contributed by atoms with E-state index >= 15 is 0 Å². The molecule has 0 fully saturated rings. The van der Waals surface area contributed by atoms with Crippen molar-refractivity contribution in [2.24, 2.45) is 41.4 Å². The standard InChI is InChI=1S/C18H38/c1-10-15(8)16(9)18(14(6)7)11-17(12(2)3)13(4)5/h12-18H,10-11H2,1-9H3. The molecule has 0 radical (unpaired) electrons. The SMILES string of the molecule is CCC(C)C(C)C(CC(C(C)C)C(C)C)C(C)C. The average molecular weight is 255 g/mol. The summed E-state index contributed by atoms with van der Waals surface area (Å²) >= 11 is 0. The Balaban J connectivity index is 4.80. The zero-order chi connectivity index (χ0) is 14.5. The van der Waals surface area contributed by atoms with Gasteiger partial charge in [-0.1, -0.05) is 68.7 Å². The summed E-state index contributed by atoms with van der Waals surface area (Å²) in [6.45, 7) is 21.7. The first-order valence-corrected chi connectivity index (χ1v) is 8.22. The van der Waals surface area contributed by atoms with Gasteiger partial charge in [0, 0.05) is 0 Å². The highest BCUT2D eigenvalue weighted by molar-refractivity contribution is 4.79. The minimum Gasteiger partial charge on any atom is -0.0651 e. The fourth-order valence-electron chi connectivity index (χ4n) is 3.52. The lowest BCUT2D eigenvalue weighted by atomic mass is 9.69. The molecule has 0 aliphatic rings. The summed E-state index contributed by atoms with van der Waals surface area (Å²) in [5.74, 6) is 5.92. The van der Waals surface area contributed by atoms with Crippen molar-refractivity contribution >= 4 is 0 Å². The Morgan fingerprint density at radius 2 is 1.00 bits per heavy atom. The number of rotatable bonds is 8. The van der Waals surface area contributed by atoms with E-state index < -0.39 is 0 Å². The van der Waals surface area contributed by atoms with Gasteiger partial charge in [-0.05, 0) is 47.8 Å². The topological polar surface area (TPSA) is 0 Å². The molecule has 0 rings (SSSR count). The summed E-state index contributed by atoms with van der Waals surface area (Å²) in [5, 5.41) is 0. The molecule has 0 aliphatic heterocycles. The normalized spacial score (nSPS) is 17.8. The van der Waals surface area contributed by atoms with Gasteiger partial charge in [0.1, 0.15) is 0 Å². The molecule has 0 saturated carbocycles. The second-order valence-corrected chi connectivity index (χ2v) is 7.54. The third kappa shape index (κ3) is 5.33. The summed E-state index contributed by atoms with van der Waals surface area (Å²) in [6, 6.07) is 0. The van der Waals surface area contributed by atoms with Crippen molar-refractivity contribution in [3.8, 4) is 0 Å². The van der Waals surface area contributed by atoms with Crippen LogP contribution in [-0.4, -0.2) is 0 Å². The van der Waals surface area contributed by atoms with Gasteiger partial charge < -0.3 is 0 Å². The van der Waals surface area contributed by atoms with Crippen molar-refractivity contribution in [3.63, 3.8) is 0 Å². The van der Waals surface area contributed by atoms with Crippen molar-refractivity contribution in [1.82, 2.24) is 0 Å². The molecule has 0 nitrogen and oxygen atoms in total. The molecule has 0 saturated heterocycles. The van der Waals surface area contributed by atoms with E-state index in [0.29, 0.717) is 0 Å². The van der Waals surface area contributed by atoms with Crippen LogP contribution in [0.5, 0.6) is 0 Å². The van der Waals surface area contributed by atoms with Gasteiger partial charge in [-0.3, -0.25) is 0 Å². The van der Waals surface area contributed by atoms with Gasteiger partial charge in [-0.15, -0.1) is 0 Å². The minimum atomic E-state index is 0.814. The van der Waals surface area contributed by atoms with Crippen LogP contribution in [0.4, 0.5) is 0 Å². The molecule has 0 spiro atoms. The summed E-state index contributed by atoms with van der Waals surface area (Å²) in [7, 11) is 0. The maximum absolute atomic E-state index is 2.48. The van der Waals surface area contributed by atoms with Crippen LogP contribution in [0.15, 0.2) is 0 Å². The van der Waals surface area contributed by atoms with Crippen LogP contribution in [0.1, 0.15) is 75.2 Å². The van der Waals surface area contributed by atoms with Crippen LogP contribution in [-0.2, 0) is 0 Å². The molecule has 0 aromatic carbocycles. The lowest BCUT2D eigenvalue weighted by molar-refractivity contribution is 0.128. The lowest BCUT2D eigenvalue weighted by Gasteiger charge is -2.37. The van der Waals surface area contributed by atoms with Crippen LogP contribution >= 0.6 is 0 Å². The molecule has 0 amide bonds. The summed E-state index contributed by atoms with van der Waals surface area (Å²) in [6.07, 6.45) is 2.73. The van der Waals surface area contributed by atoms with Gasteiger partial charge in [-0.25, -0.2) is 0 Å². The summed E-state index contributed by atoms with van der Waals surface area (Å²) in [4.78, 5) is 0. The zero-order valence-corrected chi connectivity index (χ0v) is 14.5. The smallest absolute Gasteiger partial charge is 0.0360 e. The summed E-state index contributed by atoms with van der Waals surface area (Å²) < 4.78 is 0. The monoisotopic (exact) mass is 254 g/mol. The Bertz CT molecular complexity index is 194. The predicted octanol–water partition coefficient (Wildman–Crippen LogP) is 6.26. The first-order valence-electron chi connectivity index (χ1n) is 8.22. The van der Waals surface area contributed by atoms with E-state index in [1.54, 1.807) is 0 Å². The van der Waals surface area contributed by atoms with E-state index in [1.165, 1.54) is 12.8 Å². The quantitative estimate of drug-likeness (QED) is 0.479. The molecule has 0 aromatic heterocycles. The van der Waals surface area contributed by atoms with Crippen LogP contribution in [0.3, 0.4) is 0 Å². The Labute approximate surface area is 117 Å². The molecule has 110 valence electrons. The Morgan fingerprint density at radius 3 is 1.28 bits per heavy atom. The maximum atomic E-state index is 2.48. The molecule has 0 N–H and O–H groups in total. The maximum Gasteiger partial charge on any atom is -0.0360 e. The first-order chi connectivity index (χ1) is 8.22. The van der Waals surface area contributed by atoms with Gasteiger partial charge in [0.05, 0.1) is 0 Å². The van der Waals surface area contributed by atoms with Gasteiger partial charge in [0.2, 0.25) is 0 Å². The van der Waals surface area contributed by atoms with E-state index in [0.717, 1.165) is 41.4 Å². The molecule has 0 heteroatoms. The van der Waals surface area contributed by atoms with Gasteiger partial charge >= 0.3 is 0 Å². The Hall–Kier alpha value is 0. The minimum absolute atomic E-state index is 0.814. The fourth-order valence-corrected chi connectivity index (χ4v) is 3.52. The van der Waals surface area contributed by atoms with Crippen LogP contribution in [0.2, 0.25) is 0 Å². The Kier molecular flexibility index (Phi) is 8.23. The highest BCUT2D eigenvalue weighted by atomic mass is 14.3. The molecule has 3 atom stereocenters. The highest BCUT2D eigenvalue weighted by Crippen LogP contribution is 2.37. The number of hydrogen-bond acceptors (Lipinski definition) is 0.